The van der Waals surface area contributed by atoms with E-state index < -0.39 is 5.97 Å². The van der Waals surface area contributed by atoms with Gasteiger partial charge in [0.15, 0.2) is 11.5 Å². The van der Waals surface area contributed by atoms with Gasteiger partial charge in [-0.05, 0) is 59.7 Å². The SMILES string of the molecule is CCOc1cc(C=CC(=O)O)cc(Br)c1OCCN(CC)CC. The third-order valence-corrected chi connectivity index (χ3v) is 3.89. The largest absolute Gasteiger partial charge is 0.490 e. The predicted molar refractivity (Wildman–Crippen MR) is 95.3 cm³/mol. The molecule has 1 rings (SSSR count). The minimum absolute atomic E-state index is 0.505. The molecule has 0 aliphatic rings. The summed E-state index contributed by atoms with van der Waals surface area (Å²) in [5.41, 5.74) is 0.735. The third kappa shape index (κ3) is 6.62. The summed E-state index contributed by atoms with van der Waals surface area (Å²) >= 11 is 3.48. The molecule has 0 aliphatic carbocycles. The maximum absolute atomic E-state index is 10.6. The molecule has 0 saturated carbocycles. The van der Waals surface area contributed by atoms with Crippen LogP contribution in [0, 0.1) is 0 Å². The Morgan fingerprint density at radius 2 is 1.96 bits per heavy atom. The fourth-order valence-electron chi connectivity index (χ4n) is 2.07. The van der Waals surface area contributed by atoms with Crippen LogP contribution in [0.3, 0.4) is 0 Å². The van der Waals surface area contributed by atoms with Crippen molar-refractivity contribution in [1.29, 1.82) is 0 Å². The molecular weight excluding hydrogens is 362 g/mol. The van der Waals surface area contributed by atoms with Crippen molar-refractivity contribution >= 4 is 28.0 Å². The fraction of sp³-hybridized carbons (Fsp3) is 0.471. The van der Waals surface area contributed by atoms with E-state index >= 15 is 0 Å². The summed E-state index contributed by atoms with van der Waals surface area (Å²) in [6.07, 6.45) is 2.62. The van der Waals surface area contributed by atoms with Gasteiger partial charge < -0.3 is 19.5 Å². The molecule has 0 radical (unpaired) electrons. The molecule has 0 fully saturated rings. The van der Waals surface area contributed by atoms with Crippen molar-refractivity contribution in [3.8, 4) is 11.5 Å². The average molecular weight is 386 g/mol. The zero-order valence-electron chi connectivity index (χ0n) is 13.8. The lowest BCUT2D eigenvalue weighted by atomic mass is 10.2. The van der Waals surface area contributed by atoms with Crippen LogP contribution in [0.1, 0.15) is 26.3 Å². The second-order valence-corrected chi connectivity index (χ2v) is 5.66. The molecule has 0 spiro atoms. The Morgan fingerprint density at radius 3 is 2.52 bits per heavy atom. The van der Waals surface area contributed by atoms with Gasteiger partial charge in [0, 0.05) is 12.6 Å². The number of halogens is 1. The standard InChI is InChI=1S/C17H24BrNO4/c1-4-19(5-2)9-10-23-17-14(18)11-13(7-8-16(20)21)12-15(17)22-6-3/h7-8,11-12H,4-6,9-10H2,1-3H3,(H,20,21). The Bertz CT molecular complexity index is 542. The number of hydrogen-bond acceptors (Lipinski definition) is 4. The van der Waals surface area contributed by atoms with E-state index in [1.807, 2.05) is 13.0 Å². The quantitative estimate of drug-likeness (QED) is 0.622. The average Bonchev–Trinajstić information content (AvgIpc) is 2.52. The van der Waals surface area contributed by atoms with E-state index in [-0.39, 0.29) is 0 Å². The van der Waals surface area contributed by atoms with E-state index in [1.54, 1.807) is 6.07 Å². The van der Waals surface area contributed by atoms with Gasteiger partial charge >= 0.3 is 5.97 Å². The lowest BCUT2D eigenvalue weighted by molar-refractivity contribution is -0.131. The molecule has 0 aromatic heterocycles. The summed E-state index contributed by atoms with van der Waals surface area (Å²) in [5, 5.41) is 8.73. The van der Waals surface area contributed by atoms with Crippen molar-refractivity contribution in [3.63, 3.8) is 0 Å². The molecule has 0 unspecified atom stereocenters. The summed E-state index contributed by atoms with van der Waals surface area (Å²) in [7, 11) is 0. The molecule has 5 nitrogen and oxygen atoms in total. The van der Waals surface area contributed by atoms with Crippen molar-refractivity contribution in [2.75, 3.05) is 32.8 Å². The predicted octanol–water partition coefficient (Wildman–Crippen LogP) is 3.67. The highest BCUT2D eigenvalue weighted by molar-refractivity contribution is 9.10. The molecule has 1 N–H and O–H groups in total. The van der Waals surface area contributed by atoms with Crippen LogP contribution in [0.5, 0.6) is 11.5 Å². The van der Waals surface area contributed by atoms with Gasteiger partial charge in [0.05, 0.1) is 11.1 Å². The lowest BCUT2D eigenvalue weighted by Crippen LogP contribution is -2.28. The van der Waals surface area contributed by atoms with Gasteiger partial charge in [0.2, 0.25) is 0 Å². The molecule has 0 bridgehead atoms. The van der Waals surface area contributed by atoms with Crippen LogP contribution in [-0.4, -0.2) is 48.8 Å². The highest BCUT2D eigenvalue weighted by atomic mass is 79.9. The normalized spacial score (nSPS) is 11.2. The van der Waals surface area contributed by atoms with Crippen molar-refractivity contribution in [3.05, 3.63) is 28.2 Å². The molecule has 0 atom stereocenters. The zero-order valence-corrected chi connectivity index (χ0v) is 15.4. The number of carboxylic acid groups (broad SMARTS) is 1. The first kappa shape index (κ1) is 19.5. The molecule has 128 valence electrons. The van der Waals surface area contributed by atoms with Crippen LogP contribution in [0.25, 0.3) is 6.08 Å². The molecule has 0 amide bonds. The number of likely N-dealkylation sites (N-methyl/N-ethyl adjacent to an activating group) is 1. The second-order valence-electron chi connectivity index (χ2n) is 4.81. The molecule has 1 aromatic carbocycles. The van der Waals surface area contributed by atoms with Crippen LogP contribution in [0.2, 0.25) is 0 Å². The third-order valence-electron chi connectivity index (χ3n) is 3.30. The number of carboxylic acids is 1. The first-order valence-electron chi connectivity index (χ1n) is 7.74. The van der Waals surface area contributed by atoms with E-state index in [0.717, 1.165) is 35.7 Å². The van der Waals surface area contributed by atoms with Crippen molar-refractivity contribution < 1.29 is 19.4 Å². The van der Waals surface area contributed by atoms with Gasteiger partial charge in [-0.2, -0.15) is 0 Å². The summed E-state index contributed by atoms with van der Waals surface area (Å²) in [6, 6.07) is 3.59. The Hall–Kier alpha value is -1.53. The van der Waals surface area contributed by atoms with Crippen LogP contribution in [0.4, 0.5) is 0 Å². The number of carbonyl (C=O) groups is 1. The van der Waals surface area contributed by atoms with Gasteiger partial charge in [-0.25, -0.2) is 4.79 Å². The first-order chi connectivity index (χ1) is 11.0. The lowest BCUT2D eigenvalue weighted by Gasteiger charge is -2.19. The first-order valence-corrected chi connectivity index (χ1v) is 8.53. The van der Waals surface area contributed by atoms with Gasteiger partial charge in [-0.15, -0.1) is 0 Å². The van der Waals surface area contributed by atoms with Gasteiger partial charge in [0.1, 0.15) is 6.61 Å². The van der Waals surface area contributed by atoms with E-state index in [0.29, 0.717) is 24.7 Å². The van der Waals surface area contributed by atoms with Crippen molar-refractivity contribution in [2.24, 2.45) is 0 Å². The summed E-state index contributed by atoms with van der Waals surface area (Å²) in [4.78, 5) is 12.9. The van der Waals surface area contributed by atoms with Gasteiger partial charge in [-0.3, -0.25) is 0 Å². The van der Waals surface area contributed by atoms with Gasteiger partial charge in [0.25, 0.3) is 0 Å². The van der Waals surface area contributed by atoms with E-state index in [1.165, 1.54) is 6.08 Å². The summed E-state index contributed by atoms with van der Waals surface area (Å²) < 4.78 is 12.3. The number of nitrogens with zero attached hydrogens (tertiary/aromatic N) is 1. The van der Waals surface area contributed by atoms with Crippen LogP contribution < -0.4 is 9.47 Å². The highest BCUT2D eigenvalue weighted by Gasteiger charge is 2.12. The Kier molecular flexibility index (Phi) is 8.73. The topological polar surface area (TPSA) is 59.0 Å². The number of rotatable bonds is 10. The smallest absolute Gasteiger partial charge is 0.328 e. The van der Waals surface area contributed by atoms with E-state index in [2.05, 4.69) is 34.7 Å². The van der Waals surface area contributed by atoms with Crippen LogP contribution >= 0.6 is 15.9 Å². The maximum Gasteiger partial charge on any atom is 0.328 e. The monoisotopic (exact) mass is 385 g/mol. The van der Waals surface area contributed by atoms with Gasteiger partial charge in [-0.1, -0.05) is 13.8 Å². The van der Waals surface area contributed by atoms with Crippen LogP contribution in [-0.2, 0) is 4.79 Å². The molecule has 0 aliphatic heterocycles. The van der Waals surface area contributed by atoms with Crippen molar-refractivity contribution in [1.82, 2.24) is 4.90 Å². The number of benzene rings is 1. The molecule has 0 saturated heterocycles. The van der Waals surface area contributed by atoms with E-state index in [9.17, 15) is 4.79 Å². The summed E-state index contributed by atoms with van der Waals surface area (Å²) in [5.74, 6) is 0.261. The molecule has 0 heterocycles. The minimum atomic E-state index is -0.987. The maximum atomic E-state index is 10.6. The van der Waals surface area contributed by atoms with E-state index in [4.69, 9.17) is 14.6 Å². The fourth-order valence-corrected chi connectivity index (χ4v) is 2.65. The number of ether oxygens (including phenoxy) is 2. The highest BCUT2D eigenvalue weighted by Crippen LogP contribution is 2.37. The summed E-state index contributed by atoms with van der Waals surface area (Å²) in [6.45, 7) is 10.0. The number of aliphatic carboxylic acids is 1. The van der Waals surface area contributed by atoms with Crippen LogP contribution in [0.15, 0.2) is 22.7 Å². The second kappa shape index (κ2) is 10.3. The molecule has 1 aromatic rings. The Balaban J connectivity index is 2.90. The zero-order chi connectivity index (χ0) is 17.2. The molecular formula is C17H24BrNO4. The molecule has 6 heteroatoms. The minimum Gasteiger partial charge on any atom is -0.490 e. The molecule has 23 heavy (non-hydrogen) atoms. The Labute approximate surface area is 146 Å². The number of hydrogen-bond donors (Lipinski definition) is 1. The van der Waals surface area contributed by atoms with Crippen molar-refractivity contribution in [2.45, 2.75) is 20.8 Å². The Morgan fingerprint density at radius 1 is 1.26 bits per heavy atom.